The number of primary amides is 1. The smallest absolute Gasteiger partial charge is 0.220 e. The fourth-order valence-corrected chi connectivity index (χ4v) is 0.823. The van der Waals surface area contributed by atoms with E-state index in [2.05, 4.69) is 13.8 Å². The molecule has 2 N–H and O–H groups in total. The molecule has 0 aliphatic heterocycles. The lowest BCUT2D eigenvalue weighted by Gasteiger charge is -2.08. The Morgan fingerprint density at radius 3 is 1.73 bits per heavy atom. The van der Waals surface area contributed by atoms with Crippen LogP contribution in [0.5, 0.6) is 0 Å². The highest BCUT2D eigenvalue weighted by Crippen LogP contribution is 2.09. The summed E-state index contributed by atoms with van der Waals surface area (Å²) in [5, 5.41) is 0. The van der Waals surface area contributed by atoms with Crippen LogP contribution in [0, 0.1) is 11.8 Å². The third-order valence-corrected chi connectivity index (χ3v) is 1.31. The van der Waals surface area contributed by atoms with E-state index in [1.54, 1.807) is 0 Å². The quantitative estimate of drug-likeness (QED) is 0.674. The van der Waals surface area contributed by atoms with Gasteiger partial charge in [0.1, 0.15) is 0 Å². The van der Waals surface area contributed by atoms with E-state index in [0.717, 1.165) is 6.42 Å². The van der Waals surface area contributed by atoms with Gasteiger partial charge in [0.15, 0.2) is 0 Å². The van der Waals surface area contributed by atoms with Crippen molar-refractivity contribution in [1.29, 1.82) is 0 Å². The van der Waals surface area contributed by atoms with E-state index in [0.29, 0.717) is 5.92 Å². The van der Waals surface area contributed by atoms with E-state index in [4.69, 9.17) is 5.73 Å². The van der Waals surface area contributed by atoms with Crippen molar-refractivity contribution in [3.63, 3.8) is 0 Å². The van der Waals surface area contributed by atoms with Crippen molar-refractivity contribution in [3.05, 3.63) is 0 Å². The molecule has 0 aliphatic carbocycles. The Hall–Kier alpha value is -0.530. The van der Waals surface area contributed by atoms with Crippen LogP contribution in [-0.4, -0.2) is 5.91 Å². The second kappa shape index (κ2) is 7.58. The summed E-state index contributed by atoms with van der Waals surface area (Å²) >= 11 is 0. The highest BCUT2D eigenvalue weighted by molar-refractivity contribution is 5.76. The van der Waals surface area contributed by atoms with Crippen LogP contribution >= 0.6 is 0 Å². The standard InChI is InChI=1S/C7H15NO.C2H6/c1-5(2)4-6(3)7(8)9;1-2/h5-6H,4H2,1-3H3,(H2,8,9);1-2H3. The Morgan fingerprint density at radius 1 is 1.27 bits per heavy atom. The Bertz CT molecular complexity index is 99.7. The van der Waals surface area contributed by atoms with Gasteiger partial charge in [-0.25, -0.2) is 0 Å². The number of amides is 1. The molecule has 0 aromatic carbocycles. The molecule has 68 valence electrons. The summed E-state index contributed by atoms with van der Waals surface area (Å²) < 4.78 is 0. The minimum atomic E-state index is -0.191. The van der Waals surface area contributed by atoms with Crippen molar-refractivity contribution >= 4 is 5.91 Å². The monoisotopic (exact) mass is 159 g/mol. The molecule has 0 saturated heterocycles. The van der Waals surface area contributed by atoms with E-state index >= 15 is 0 Å². The van der Waals surface area contributed by atoms with Gasteiger partial charge < -0.3 is 5.73 Å². The first-order chi connectivity index (χ1) is 5.04. The minimum Gasteiger partial charge on any atom is -0.369 e. The molecule has 0 fully saturated rings. The first-order valence-electron chi connectivity index (χ1n) is 4.33. The Kier molecular flexibility index (Phi) is 9.01. The first-order valence-corrected chi connectivity index (χ1v) is 4.33. The molecule has 0 aromatic rings. The largest absolute Gasteiger partial charge is 0.369 e. The average molecular weight is 159 g/mol. The second-order valence-electron chi connectivity index (χ2n) is 2.93. The van der Waals surface area contributed by atoms with Crippen LogP contribution in [0.2, 0.25) is 0 Å². The highest BCUT2D eigenvalue weighted by atomic mass is 16.1. The summed E-state index contributed by atoms with van der Waals surface area (Å²) in [4.78, 5) is 10.5. The SMILES string of the molecule is CC.CC(C)CC(C)C(N)=O. The molecule has 0 heterocycles. The van der Waals surface area contributed by atoms with E-state index in [9.17, 15) is 4.79 Å². The van der Waals surface area contributed by atoms with Crippen LogP contribution in [0.4, 0.5) is 0 Å². The van der Waals surface area contributed by atoms with Gasteiger partial charge in [0.05, 0.1) is 0 Å². The lowest BCUT2D eigenvalue weighted by molar-refractivity contribution is -0.121. The van der Waals surface area contributed by atoms with E-state index < -0.39 is 0 Å². The summed E-state index contributed by atoms with van der Waals surface area (Å²) in [5.41, 5.74) is 5.05. The van der Waals surface area contributed by atoms with Crippen LogP contribution in [0.1, 0.15) is 41.0 Å². The van der Waals surface area contributed by atoms with Gasteiger partial charge >= 0.3 is 0 Å². The predicted octanol–water partition coefficient (Wildman–Crippen LogP) is 2.18. The normalized spacial score (nSPS) is 11.8. The number of carbonyl (C=O) groups excluding carboxylic acids is 1. The molecule has 2 heteroatoms. The Morgan fingerprint density at radius 2 is 1.64 bits per heavy atom. The van der Waals surface area contributed by atoms with Crippen molar-refractivity contribution in [2.45, 2.75) is 41.0 Å². The zero-order valence-corrected chi connectivity index (χ0v) is 8.35. The number of hydrogen-bond acceptors (Lipinski definition) is 1. The molecule has 0 spiro atoms. The topological polar surface area (TPSA) is 43.1 Å². The van der Waals surface area contributed by atoms with Gasteiger partial charge in [-0.15, -0.1) is 0 Å². The predicted molar refractivity (Wildman–Crippen MR) is 49.2 cm³/mol. The molecule has 1 atom stereocenters. The number of rotatable bonds is 3. The van der Waals surface area contributed by atoms with Crippen LogP contribution in [0.25, 0.3) is 0 Å². The van der Waals surface area contributed by atoms with Crippen LogP contribution in [0.15, 0.2) is 0 Å². The van der Waals surface area contributed by atoms with Gasteiger partial charge in [-0.1, -0.05) is 34.6 Å². The summed E-state index contributed by atoms with van der Waals surface area (Å²) in [5.74, 6) is 0.404. The highest BCUT2D eigenvalue weighted by Gasteiger charge is 2.09. The maximum atomic E-state index is 10.5. The lowest BCUT2D eigenvalue weighted by atomic mass is 9.99. The molecular weight excluding hydrogens is 138 g/mol. The number of nitrogens with two attached hydrogens (primary N) is 1. The third kappa shape index (κ3) is 9.47. The Labute approximate surface area is 70.2 Å². The minimum absolute atomic E-state index is 0.0324. The molecular formula is C9H21NO. The molecule has 1 unspecified atom stereocenters. The number of carbonyl (C=O) groups is 1. The van der Waals surface area contributed by atoms with Crippen molar-refractivity contribution in [2.24, 2.45) is 17.6 Å². The zero-order valence-electron chi connectivity index (χ0n) is 8.35. The molecule has 0 saturated carbocycles. The molecule has 2 nitrogen and oxygen atoms in total. The summed E-state index contributed by atoms with van der Waals surface area (Å²) in [6.07, 6.45) is 0.898. The van der Waals surface area contributed by atoms with E-state index in [-0.39, 0.29) is 11.8 Å². The fraction of sp³-hybridized carbons (Fsp3) is 0.889. The van der Waals surface area contributed by atoms with Gasteiger partial charge in [0.25, 0.3) is 0 Å². The van der Waals surface area contributed by atoms with E-state index in [1.807, 2.05) is 20.8 Å². The number of hydrogen-bond donors (Lipinski definition) is 1. The molecule has 1 amide bonds. The van der Waals surface area contributed by atoms with Gasteiger partial charge in [-0.05, 0) is 12.3 Å². The summed E-state index contributed by atoms with van der Waals surface area (Å²) in [7, 11) is 0. The van der Waals surface area contributed by atoms with Gasteiger partial charge in [-0.3, -0.25) is 4.79 Å². The molecule has 0 bridgehead atoms. The van der Waals surface area contributed by atoms with Crippen LogP contribution < -0.4 is 5.73 Å². The maximum absolute atomic E-state index is 10.5. The summed E-state index contributed by atoms with van der Waals surface area (Å²) in [6.45, 7) is 10.0. The van der Waals surface area contributed by atoms with Gasteiger partial charge in [0, 0.05) is 5.92 Å². The average Bonchev–Trinajstić information content (AvgIpc) is 1.90. The van der Waals surface area contributed by atoms with Crippen molar-refractivity contribution in [2.75, 3.05) is 0 Å². The van der Waals surface area contributed by atoms with Crippen molar-refractivity contribution < 1.29 is 4.79 Å². The zero-order chi connectivity index (χ0) is 9.44. The van der Waals surface area contributed by atoms with Crippen LogP contribution in [-0.2, 0) is 4.79 Å². The van der Waals surface area contributed by atoms with Crippen molar-refractivity contribution in [1.82, 2.24) is 0 Å². The molecule has 0 aromatic heterocycles. The van der Waals surface area contributed by atoms with Gasteiger partial charge in [-0.2, -0.15) is 0 Å². The molecule has 0 rings (SSSR count). The third-order valence-electron chi connectivity index (χ3n) is 1.31. The van der Waals surface area contributed by atoms with Crippen molar-refractivity contribution in [3.8, 4) is 0 Å². The van der Waals surface area contributed by atoms with Gasteiger partial charge in [0.2, 0.25) is 5.91 Å². The van der Waals surface area contributed by atoms with E-state index in [1.165, 1.54) is 0 Å². The summed E-state index contributed by atoms with van der Waals surface area (Å²) in [6, 6.07) is 0. The molecule has 0 aliphatic rings. The second-order valence-corrected chi connectivity index (χ2v) is 2.93. The fourth-order valence-electron chi connectivity index (χ4n) is 0.823. The molecule has 11 heavy (non-hydrogen) atoms. The Balaban J connectivity index is 0. The van der Waals surface area contributed by atoms with Crippen LogP contribution in [0.3, 0.4) is 0 Å². The molecule has 0 radical (unpaired) electrons. The lowest BCUT2D eigenvalue weighted by Crippen LogP contribution is -2.21. The maximum Gasteiger partial charge on any atom is 0.220 e. The first kappa shape index (κ1) is 13.1.